The van der Waals surface area contributed by atoms with Gasteiger partial charge in [0.05, 0.1) is 32.1 Å². The Morgan fingerprint density at radius 1 is 0.788 bits per heavy atom. The third-order valence-electron chi connectivity index (χ3n) is 7.09. The van der Waals surface area contributed by atoms with Crippen molar-refractivity contribution in [2.45, 2.75) is 59.2 Å². The van der Waals surface area contributed by atoms with Crippen LogP contribution in [0.15, 0.2) is 24.3 Å². The normalized spacial score (nSPS) is 18.2. The van der Waals surface area contributed by atoms with Crippen LogP contribution in [0.2, 0.25) is 5.02 Å². The van der Waals surface area contributed by atoms with Gasteiger partial charge in [-0.15, -0.1) is 0 Å². The van der Waals surface area contributed by atoms with Gasteiger partial charge >= 0.3 is 0 Å². The minimum absolute atomic E-state index is 0.791. The Morgan fingerprint density at radius 2 is 1.36 bits per heavy atom. The molecule has 4 rings (SSSR count). The first-order valence-corrected chi connectivity index (χ1v) is 13.1. The van der Waals surface area contributed by atoms with E-state index in [0.717, 1.165) is 77.3 Å². The van der Waals surface area contributed by atoms with Gasteiger partial charge in [-0.1, -0.05) is 49.9 Å². The summed E-state index contributed by atoms with van der Waals surface area (Å²) in [6.07, 6.45) is 5.07. The Hall–Kier alpha value is -1.37. The van der Waals surface area contributed by atoms with Crippen molar-refractivity contribution in [3.05, 3.63) is 46.1 Å². The molecule has 0 spiro atoms. The second-order valence-electron chi connectivity index (χ2n) is 9.39. The predicted molar refractivity (Wildman–Crippen MR) is 136 cm³/mol. The Kier molecular flexibility index (Phi) is 9.27. The number of rotatable bonds is 10. The van der Waals surface area contributed by atoms with Crippen molar-refractivity contribution >= 4 is 11.6 Å². The highest BCUT2D eigenvalue weighted by Crippen LogP contribution is 2.35. The van der Waals surface area contributed by atoms with Gasteiger partial charge < -0.3 is 14.0 Å². The van der Waals surface area contributed by atoms with Crippen molar-refractivity contribution in [2.24, 2.45) is 0 Å². The Balaban J connectivity index is 1.73. The smallest absolute Gasteiger partial charge is 0.0594 e. The molecule has 0 unspecified atom stereocenters. The molecular formula is C27H40ClN3O2. The molecule has 0 saturated carbocycles. The van der Waals surface area contributed by atoms with Crippen LogP contribution in [0.1, 0.15) is 49.4 Å². The third-order valence-corrected chi connectivity index (χ3v) is 7.34. The van der Waals surface area contributed by atoms with Gasteiger partial charge in [0.2, 0.25) is 0 Å². The molecule has 0 bridgehead atoms. The first kappa shape index (κ1) is 24.7. The molecule has 2 aliphatic heterocycles. The lowest BCUT2D eigenvalue weighted by molar-refractivity contribution is 0.0310. The maximum Gasteiger partial charge on any atom is 0.0594 e. The summed E-state index contributed by atoms with van der Waals surface area (Å²) in [4.78, 5) is 5.11. The fourth-order valence-corrected chi connectivity index (χ4v) is 5.24. The third kappa shape index (κ3) is 6.40. The second kappa shape index (κ2) is 12.4. The molecule has 2 saturated heterocycles. The molecule has 5 nitrogen and oxygen atoms in total. The van der Waals surface area contributed by atoms with Crippen molar-refractivity contribution in [1.82, 2.24) is 14.4 Å². The zero-order valence-electron chi connectivity index (χ0n) is 20.5. The van der Waals surface area contributed by atoms with Gasteiger partial charge in [-0.25, -0.2) is 0 Å². The molecule has 0 N–H and O–H groups in total. The van der Waals surface area contributed by atoms with Crippen LogP contribution in [0, 0.1) is 6.92 Å². The zero-order chi connectivity index (χ0) is 23.0. The highest BCUT2D eigenvalue weighted by molar-refractivity contribution is 6.30. The summed E-state index contributed by atoms with van der Waals surface area (Å²) >= 11 is 6.27. The SMILES string of the molecule is CCCCCCn1c(C)c(CN2CCOCC2)c(CN2CCOCC2)c1-c1ccc(Cl)cc1. The number of hydrogen-bond donors (Lipinski definition) is 0. The van der Waals surface area contributed by atoms with Gasteiger partial charge in [0, 0.05) is 56.5 Å². The van der Waals surface area contributed by atoms with Crippen molar-refractivity contribution in [3.63, 3.8) is 0 Å². The first-order chi connectivity index (χ1) is 16.2. The molecule has 3 heterocycles. The van der Waals surface area contributed by atoms with E-state index >= 15 is 0 Å². The van der Waals surface area contributed by atoms with E-state index in [-0.39, 0.29) is 0 Å². The first-order valence-electron chi connectivity index (χ1n) is 12.7. The summed E-state index contributed by atoms with van der Waals surface area (Å²) in [6.45, 7) is 15.0. The second-order valence-corrected chi connectivity index (χ2v) is 9.82. The average molecular weight is 474 g/mol. The number of nitrogens with zero attached hydrogens (tertiary/aromatic N) is 3. The molecule has 182 valence electrons. The van der Waals surface area contributed by atoms with Crippen LogP contribution in [0.3, 0.4) is 0 Å². The standard InChI is InChI=1S/C27H40ClN3O2/c1-3-4-5-6-11-31-22(2)25(20-29-12-16-32-17-13-29)26(21-30-14-18-33-19-15-30)27(31)23-7-9-24(28)10-8-23/h7-10H,3-6,11-21H2,1-2H3. The highest BCUT2D eigenvalue weighted by Gasteiger charge is 2.25. The largest absolute Gasteiger partial charge is 0.379 e. The Morgan fingerprint density at radius 3 is 1.94 bits per heavy atom. The van der Waals surface area contributed by atoms with Gasteiger partial charge in [-0.05, 0) is 42.2 Å². The lowest BCUT2D eigenvalue weighted by Crippen LogP contribution is -2.37. The molecule has 0 aliphatic carbocycles. The van der Waals surface area contributed by atoms with E-state index in [1.807, 2.05) is 12.1 Å². The number of halogens is 1. The number of hydrogen-bond acceptors (Lipinski definition) is 4. The zero-order valence-corrected chi connectivity index (χ0v) is 21.2. The van der Waals surface area contributed by atoms with Gasteiger partial charge in [-0.3, -0.25) is 9.80 Å². The van der Waals surface area contributed by atoms with Gasteiger partial charge in [0.1, 0.15) is 0 Å². The van der Waals surface area contributed by atoms with Crippen LogP contribution >= 0.6 is 11.6 Å². The number of unbranched alkanes of at least 4 members (excludes halogenated alkanes) is 3. The van der Waals surface area contributed by atoms with Crippen LogP contribution in [0.25, 0.3) is 11.3 Å². The van der Waals surface area contributed by atoms with Crippen LogP contribution in [-0.4, -0.2) is 67.0 Å². The molecule has 0 radical (unpaired) electrons. The molecule has 1 aromatic heterocycles. The number of aromatic nitrogens is 1. The summed E-state index contributed by atoms with van der Waals surface area (Å²) in [6, 6.07) is 8.45. The molecule has 2 fully saturated rings. The maximum absolute atomic E-state index is 6.27. The van der Waals surface area contributed by atoms with E-state index < -0.39 is 0 Å². The molecule has 2 aliphatic rings. The summed E-state index contributed by atoms with van der Waals surface area (Å²) in [5.41, 5.74) is 7.07. The number of benzene rings is 1. The number of morpholine rings is 2. The van der Waals surface area contributed by atoms with Gasteiger partial charge in [0.25, 0.3) is 0 Å². The summed E-state index contributed by atoms with van der Waals surface area (Å²) in [7, 11) is 0. The molecule has 0 amide bonds. The Labute approximate surface area is 204 Å². The predicted octanol–water partition coefficient (Wildman–Crippen LogP) is 5.36. The molecule has 6 heteroatoms. The van der Waals surface area contributed by atoms with E-state index in [9.17, 15) is 0 Å². The molecule has 0 atom stereocenters. The molecule has 1 aromatic carbocycles. The van der Waals surface area contributed by atoms with E-state index in [1.165, 1.54) is 53.8 Å². The Bertz CT molecular complexity index is 868. The van der Waals surface area contributed by atoms with E-state index in [0.29, 0.717) is 0 Å². The van der Waals surface area contributed by atoms with Crippen LogP contribution in [-0.2, 0) is 29.1 Å². The summed E-state index contributed by atoms with van der Waals surface area (Å²) < 4.78 is 13.9. The minimum atomic E-state index is 0.791. The minimum Gasteiger partial charge on any atom is -0.379 e. The fourth-order valence-electron chi connectivity index (χ4n) is 5.11. The van der Waals surface area contributed by atoms with Crippen molar-refractivity contribution in [2.75, 3.05) is 52.6 Å². The maximum atomic E-state index is 6.27. The van der Waals surface area contributed by atoms with Crippen LogP contribution < -0.4 is 0 Å². The monoisotopic (exact) mass is 473 g/mol. The van der Waals surface area contributed by atoms with E-state index in [1.54, 1.807) is 0 Å². The van der Waals surface area contributed by atoms with Crippen LogP contribution in [0.5, 0.6) is 0 Å². The van der Waals surface area contributed by atoms with Crippen LogP contribution in [0.4, 0.5) is 0 Å². The molecule has 2 aromatic rings. The van der Waals surface area contributed by atoms with Crippen molar-refractivity contribution < 1.29 is 9.47 Å². The van der Waals surface area contributed by atoms with Crippen molar-refractivity contribution in [1.29, 1.82) is 0 Å². The fraction of sp³-hybridized carbons (Fsp3) is 0.630. The number of ether oxygens (including phenoxy) is 2. The van der Waals surface area contributed by atoms with Gasteiger partial charge in [0.15, 0.2) is 0 Å². The lowest BCUT2D eigenvalue weighted by atomic mass is 10.0. The summed E-state index contributed by atoms with van der Waals surface area (Å²) in [5, 5.41) is 0.791. The summed E-state index contributed by atoms with van der Waals surface area (Å²) in [5.74, 6) is 0. The topological polar surface area (TPSA) is 29.9 Å². The lowest BCUT2D eigenvalue weighted by Gasteiger charge is -2.29. The molecule has 33 heavy (non-hydrogen) atoms. The van der Waals surface area contributed by atoms with Gasteiger partial charge in [-0.2, -0.15) is 0 Å². The quantitative estimate of drug-likeness (QED) is 0.434. The van der Waals surface area contributed by atoms with E-state index in [4.69, 9.17) is 21.1 Å². The average Bonchev–Trinajstić information content (AvgIpc) is 3.09. The van der Waals surface area contributed by atoms with E-state index in [2.05, 4.69) is 40.3 Å². The van der Waals surface area contributed by atoms with Crippen molar-refractivity contribution in [3.8, 4) is 11.3 Å². The highest BCUT2D eigenvalue weighted by atomic mass is 35.5. The molecular weight excluding hydrogens is 434 g/mol.